The predicted octanol–water partition coefficient (Wildman–Crippen LogP) is 2.89. The molecule has 0 radical (unpaired) electrons. The zero-order valence-corrected chi connectivity index (χ0v) is 16.4. The van der Waals surface area contributed by atoms with Gasteiger partial charge in [-0.1, -0.05) is 19.9 Å². The summed E-state index contributed by atoms with van der Waals surface area (Å²) in [5, 5.41) is 5.27. The Hall–Kier alpha value is -1.60. The van der Waals surface area contributed by atoms with E-state index in [1.807, 2.05) is 19.3 Å². The molecule has 7 heteroatoms. The van der Waals surface area contributed by atoms with Gasteiger partial charge in [0.15, 0.2) is 0 Å². The minimum absolute atomic E-state index is 0.117. The second kappa shape index (κ2) is 6.61. The Morgan fingerprint density at radius 1 is 1.28 bits per heavy atom. The molecule has 1 aromatic heterocycles. The summed E-state index contributed by atoms with van der Waals surface area (Å²) in [5.74, 6) is 1.19. The van der Waals surface area contributed by atoms with Crippen molar-refractivity contribution in [3.63, 3.8) is 0 Å². The van der Waals surface area contributed by atoms with Crippen LogP contribution in [0.3, 0.4) is 0 Å². The fraction of sp³-hybridized carbons (Fsp3) is 0.611. The lowest BCUT2D eigenvalue weighted by atomic mass is 9.95. The van der Waals surface area contributed by atoms with Crippen molar-refractivity contribution in [2.75, 3.05) is 13.1 Å². The number of aromatic nitrogens is 2. The molecule has 0 spiro atoms. The van der Waals surface area contributed by atoms with Gasteiger partial charge in [-0.15, -0.1) is 0 Å². The Bertz CT molecular complexity index is 867. The summed E-state index contributed by atoms with van der Waals surface area (Å²) in [6, 6.07) is 4.07. The Labute approximate surface area is 149 Å². The molecule has 25 heavy (non-hydrogen) atoms. The molecule has 0 N–H and O–H groups in total. The monoisotopic (exact) mass is 365 g/mol. The molecule has 0 bridgehead atoms. The van der Waals surface area contributed by atoms with Crippen LogP contribution < -0.4 is 4.74 Å². The van der Waals surface area contributed by atoms with Gasteiger partial charge in [-0.25, -0.2) is 8.42 Å². The Balaban J connectivity index is 1.80. The van der Waals surface area contributed by atoms with Crippen LogP contribution in [0.2, 0.25) is 0 Å². The molecule has 3 rings (SSSR count). The normalized spacial score (nSPS) is 17.8. The first-order valence-electron chi connectivity index (χ1n) is 8.85. The smallest absolute Gasteiger partial charge is 0.216 e. The number of aryl methyl sites for hydroxylation is 1. The molecule has 138 valence electrons. The number of ether oxygens (including phenoxy) is 1. The average Bonchev–Trinajstić information content (AvgIpc) is 2.90. The zero-order chi connectivity index (χ0) is 18.4. The lowest BCUT2D eigenvalue weighted by molar-refractivity contribution is 0.0768. The fourth-order valence-corrected chi connectivity index (χ4v) is 4.47. The quantitative estimate of drug-likeness (QED) is 0.790. The molecule has 0 aliphatic carbocycles. The maximum Gasteiger partial charge on any atom is 0.216 e. The van der Waals surface area contributed by atoms with Crippen LogP contribution in [0.25, 0.3) is 10.9 Å². The SMILES string of the molecule is CCC(C)c1ccc(OC2CN(S(=O)(=O)C(C)C)C2)c2nn(C)cc12. The summed E-state index contributed by atoms with van der Waals surface area (Å²) in [4.78, 5) is 0. The van der Waals surface area contributed by atoms with Crippen LogP contribution in [0.5, 0.6) is 5.75 Å². The van der Waals surface area contributed by atoms with Gasteiger partial charge in [0.05, 0.1) is 18.3 Å². The van der Waals surface area contributed by atoms with Crippen LogP contribution in [0, 0.1) is 0 Å². The number of nitrogens with zero attached hydrogens (tertiary/aromatic N) is 3. The fourth-order valence-electron chi connectivity index (χ4n) is 3.12. The van der Waals surface area contributed by atoms with Crippen LogP contribution in [-0.2, 0) is 17.1 Å². The van der Waals surface area contributed by atoms with E-state index < -0.39 is 15.3 Å². The Morgan fingerprint density at radius 3 is 2.56 bits per heavy atom. The molecule has 1 aliphatic rings. The van der Waals surface area contributed by atoms with E-state index in [4.69, 9.17) is 4.74 Å². The van der Waals surface area contributed by atoms with Crippen molar-refractivity contribution in [3.05, 3.63) is 23.9 Å². The lowest BCUT2D eigenvalue weighted by Crippen LogP contribution is -2.57. The Kier molecular flexibility index (Phi) is 4.81. The van der Waals surface area contributed by atoms with Gasteiger partial charge in [0.25, 0.3) is 0 Å². The molecule has 2 aromatic rings. The number of hydrogen-bond donors (Lipinski definition) is 0. The van der Waals surface area contributed by atoms with Crippen LogP contribution in [0.4, 0.5) is 0 Å². The van der Waals surface area contributed by atoms with Crippen molar-refractivity contribution >= 4 is 20.9 Å². The first-order chi connectivity index (χ1) is 11.7. The van der Waals surface area contributed by atoms with Gasteiger partial charge in [-0.3, -0.25) is 4.68 Å². The second-order valence-electron chi connectivity index (χ2n) is 7.18. The first-order valence-corrected chi connectivity index (χ1v) is 10.4. The predicted molar refractivity (Wildman–Crippen MR) is 99.5 cm³/mol. The molecule has 1 fully saturated rings. The average molecular weight is 365 g/mol. The number of fused-ring (bicyclic) bond motifs is 1. The van der Waals surface area contributed by atoms with Crippen LogP contribution in [-0.4, -0.2) is 46.9 Å². The molecular weight excluding hydrogens is 338 g/mol. The molecule has 2 heterocycles. The summed E-state index contributed by atoms with van der Waals surface area (Å²) in [6.45, 7) is 8.60. The van der Waals surface area contributed by atoms with Gasteiger partial charge in [-0.05, 0) is 37.8 Å². The molecule has 0 saturated carbocycles. The van der Waals surface area contributed by atoms with Crippen LogP contribution >= 0.6 is 0 Å². The lowest BCUT2D eigenvalue weighted by Gasteiger charge is -2.38. The van der Waals surface area contributed by atoms with Gasteiger partial charge < -0.3 is 4.74 Å². The molecule has 0 amide bonds. The summed E-state index contributed by atoms with van der Waals surface area (Å²) in [5.41, 5.74) is 2.13. The second-order valence-corrected chi connectivity index (χ2v) is 9.67. The molecule has 1 aromatic carbocycles. The topological polar surface area (TPSA) is 64.4 Å². The van der Waals surface area contributed by atoms with Crippen molar-refractivity contribution in [3.8, 4) is 5.75 Å². The molecule has 1 atom stereocenters. The highest BCUT2D eigenvalue weighted by Crippen LogP contribution is 2.34. The zero-order valence-electron chi connectivity index (χ0n) is 15.6. The third-order valence-electron chi connectivity index (χ3n) is 4.99. The van der Waals surface area contributed by atoms with Crippen molar-refractivity contribution in [1.29, 1.82) is 0 Å². The third kappa shape index (κ3) is 3.27. The van der Waals surface area contributed by atoms with Crippen molar-refractivity contribution in [1.82, 2.24) is 14.1 Å². The van der Waals surface area contributed by atoms with Gasteiger partial charge in [0.1, 0.15) is 17.4 Å². The summed E-state index contributed by atoms with van der Waals surface area (Å²) in [7, 11) is -1.28. The minimum Gasteiger partial charge on any atom is -0.485 e. The summed E-state index contributed by atoms with van der Waals surface area (Å²) < 4.78 is 33.6. The van der Waals surface area contributed by atoms with E-state index in [9.17, 15) is 8.42 Å². The van der Waals surface area contributed by atoms with E-state index in [-0.39, 0.29) is 6.10 Å². The highest BCUT2D eigenvalue weighted by molar-refractivity contribution is 7.89. The van der Waals surface area contributed by atoms with Gasteiger partial charge in [0.2, 0.25) is 10.0 Å². The highest BCUT2D eigenvalue weighted by Gasteiger charge is 2.39. The third-order valence-corrected chi connectivity index (χ3v) is 7.20. The van der Waals surface area contributed by atoms with Gasteiger partial charge in [-0.2, -0.15) is 9.40 Å². The highest BCUT2D eigenvalue weighted by atomic mass is 32.2. The van der Waals surface area contributed by atoms with Crippen LogP contribution in [0.1, 0.15) is 45.6 Å². The van der Waals surface area contributed by atoms with E-state index in [0.29, 0.717) is 19.0 Å². The standard InChI is InChI=1S/C18H27N3O3S/c1-6-13(4)15-7-8-17(18-16(15)11-20(5)19-18)24-14-9-21(10-14)25(22,23)12(2)3/h7-8,11-14H,6,9-10H2,1-5H3. The van der Waals surface area contributed by atoms with Crippen LogP contribution in [0.15, 0.2) is 18.3 Å². The first kappa shape index (κ1) is 18.2. The largest absolute Gasteiger partial charge is 0.485 e. The van der Waals surface area contributed by atoms with Gasteiger partial charge >= 0.3 is 0 Å². The van der Waals surface area contributed by atoms with Crippen molar-refractivity contribution < 1.29 is 13.2 Å². The van der Waals surface area contributed by atoms with Crippen molar-refractivity contribution in [2.45, 2.75) is 51.4 Å². The molecular formula is C18H27N3O3S. The van der Waals surface area contributed by atoms with Crippen molar-refractivity contribution in [2.24, 2.45) is 7.05 Å². The summed E-state index contributed by atoms with van der Waals surface area (Å²) in [6.07, 6.45) is 2.97. The molecule has 1 saturated heterocycles. The molecule has 1 aliphatic heterocycles. The number of hydrogen-bond acceptors (Lipinski definition) is 4. The van der Waals surface area contributed by atoms with E-state index >= 15 is 0 Å². The maximum atomic E-state index is 12.1. The molecule has 6 nitrogen and oxygen atoms in total. The van der Waals surface area contributed by atoms with E-state index in [1.54, 1.807) is 18.5 Å². The minimum atomic E-state index is -3.19. The number of rotatable bonds is 6. The van der Waals surface area contributed by atoms with E-state index in [1.165, 1.54) is 9.87 Å². The number of benzene rings is 1. The Morgan fingerprint density at radius 2 is 1.96 bits per heavy atom. The maximum absolute atomic E-state index is 12.1. The van der Waals surface area contributed by atoms with E-state index in [0.717, 1.165) is 23.1 Å². The van der Waals surface area contributed by atoms with Gasteiger partial charge in [0, 0.05) is 18.6 Å². The van der Waals surface area contributed by atoms with E-state index in [2.05, 4.69) is 25.0 Å². The molecule has 1 unspecified atom stereocenters. The summed E-state index contributed by atoms with van der Waals surface area (Å²) >= 11 is 0. The number of sulfonamides is 1.